The summed E-state index contributed by atoms with van der Waals surface area (Å²) in [5, 5.41) is 18.1. The number of carbonyl (C=O) groups excluding carboxylic acids is 1. The second-order valence-corrected chi connectivity index (χ2v) is 5.66. The third-order valence-corrected chi connectivity index (χ3v) is 3.97. The minimum Gasteiger partial charge on any atom is -0.334 e. The van der Waals surface area contributed by atoms with Gasteiger partial charge in [-0.05, 0) is 29.8 Å². The van der Waals surface area contributed by atoms with Crippen molar-refractivity contribution in [1.82, 2.24) is 35.0 Å². The van der Waals surface area contributed by atoms with Crippen LogP contribution in [-0.2, 0) is 13.1 Å². The van der Waals surface area contributed by atoms with E-state index in [0.29, 0.717) is 12.4 Å². The van der Waals surface area contributed by atoms with E-state index in [4.69, 9.17) is 0 Å². The average molecular weight is 347 g/mol. The number of nitrogens with zero attached hydrogens (tertiary/aromatic N) is 5. The summed E-state index contributed by atoms with van der Waals surface area (Å²) in [6.07, 6.45) is 5.46. The van der Waals surface area contributed by atoms with E-state index in [-0.39, 0.29) is 12.6 Å². The fourth-order valence-electron chi connectivity index (χ4n) is 2.70. The minimum atomic E-state index is -0.270. The van der Waals surface area contributed by atoms with Crippen molar-refractivity contribution in [3.8, 4) is 5.69 Å². The average Bonchev–Trinajstić information content (AvgIpc) is 3.35. The highest BCUT2D eigenvalue weighted by Crippen LogP contribution is 2.13. The molecule has 1 aromatic carbocycles. The van der Waals surface area contributed by atoms with Crippen LogP contribution < -0.4 is 10.6 Å². The third kappa shape index (κ3) is 3.25. The summed E-state index contributed by atoms with van der Waals surface area (Å²) in [5.74, 6) is 0.674. The number of benzene rings is 1. The SMILES string of the molecule is O=C(NCc1ccccc1-n1cccn1)NCc1nnc2ccccn12. The van der Waals surface area contributed by atoms with Crippen molar-refractivity contribution in [3.05, 3.63) is 78.5 Å². The fourth-order valence-corrected chi connectivity index (χ4v) is 2.70. The Morgan fingerprint density at radius 1 is 0.923 bits per heavy atom. The van der Waals surface area contributed by atoms with Crippen LogP contribution in [0, 0.1) is 0 Å². The number of urea groups is 1. The Labute approximate surface area is 149 Å². The van der Waals surface area contributed by atoms with Crippen LogP contribution >= 0.6 is 0 Å². The van der Waals surface area contributed by atoms with E-state index >= 15 is 0 Å². The molecule has 4 aromatic rings. The van der Waals surface area contributed by atoms with Crippen molar-refractivity contribution >= 4 is 11.7 Å². The molecule has 0 spiro atoms. The molecule has 0 bridgehead atoms. The summed E-state index contributed by atoms with van der Waals surface area (Å²) in [7, 11) is 0. The number of amides is 2. The maximum Gasteiger partial charge on any atom is 0.315 e. The van der Waals surface area contributed by atoms with Crippen LogP contribution in [0.1, 0.15) is 11.4 Å². The molecule has 2 amide bonds. The zero-order valence-electron chi connectivity index (χ0n) is 13.9. The highest BCUT2D eigenvalue weighted by molar-refractivity contribution is 5.73. The third-order valence-electron chi connectivity index (χ3n) is 3.97. The molecule has 8 nitrogen and oxygen atoms in total. The van der Waals surface area contributed by atoms with Crippen LogP contribution in [0.25, 0.3) is 11.3 Å². The number of rotatable bonds is 5. The van der Waals surface area contributed by atoms with Gasteiger partial charge in [-0.3, -0.25) is 4.40 Å². The van der Waals surface area contributed by atoms with Gasteiger partial charge in [0.1, 0.15) is 0 Å². The van der Waals surface area contributed by atoms with Crippen LogP contribution in [0.5, 0.6) is 0 Å². The molecule has 0 atom stereocenters. The first-order valence-electron chi connectivity index (χ1n) is 8.19. The zero-order chi connectivity index (χ0) is 17.8. The molecule has 0 aliphatic heterocycles. The summed E-state index contributed by atoms with van der Waals surface area (Å²) in [5.41, 5.74) is 2.65. The number of para-hydroxylation sites is 1. The van der Waals surface area contributed by atoms with Crippen LogP contribution in [0.4, 0.5) is 4.79 Å². The van der Waals surface area contributed by atoms with Gasteiger partial charge in [0, 0.05) is 25.1 Å². The molecule has 0 aliphatic carbocycles. The van der Waals surface area contributed by atoms with E-state index in [1.165, 1.54) is 0 Å². The summed E-state index contributed by atoms with van der Waals surface area (Å²) >= 11 is 0. The van der Waals surface area contributed by atoms with Crippen molar-refractivity contribution in [1.29, 1.82) is 0 Å². The molecule has 130 valence electrons. The Bertz CT molecular complexity index is 1020. The standard InChI is InChI=1S/C18H17N7O/c26-18(20-13-17-23-22-16-8-3-4-10-24(16)17)19-12-14-6-1-2-7-15(14)25-11-5-9-21-25/h1-11H,12-13H2,(H2,19,20,26). The first-order valence-corrected chi connectivity index (χ1v) is 8.19. The summed E-state index contributed by atoms with van der Waals surface area (Å²) in [4.78, 5) is 12.1. The summed E-state index contributed by atoms with van der Waals surface area (Å²) in [6.45, 7) is 0.681. The molecule has 0 fully saturated rings. The van der Waals surface area contributed by atoms with Gasteiger partial charge in [-0.25, -0.2) is 9.48 Å². The Hall–Kier alpha value is -3.68. The molecular formula is C18H17N7O. The van der Waals surface area contributed by atoms with E-state index in [1.807, 2.05) is 65.3 Å². The largest absolute Gasteiger partial charge is 0.334 e. The van der Waals surface area contributed by atoms with Crippen molar-refractivity contribution in [2.24, 2.45) is 0 Å². The molecule has 4 rings (SSSR count). The van der Waals surface area contributed by atoms with Gasteiger partial charge in [-0.15, -0.1) is 10.2 Å². The lowest BCUT2D eigenvalue weighted by molar-refractivity contribution is 0.240. The van der Waals surface area contributed by atoms with E-state index in [0.717, 1.165) is 16.9 Å². The predicted molar refractivity (Wildman–Crippen MR) is 95.6 cm³/mol. The zero-order valence-corrected chi connectivity index (χ0v) is 13.9. The number of carbonyl (C=O) groups is 1. The van der Waals surface area contributed by atoms with Gasteiger partial charge in [0.05, 0.1) is 12.2 Å². The number of hydrogen-bond acceptors (Lipinski definition) is 4. The number of hydrogen-bond donors (Lipinski definition) is 2. The summed E-state index contributed by atoms with van der Waals surface area (Å²) in [6, 6.07) is 15.0. The topological polar surface area (TPSA) is 89.1 Å². The van der Waals surface area contributed by atoms with E-state index in [2.05, 4.69) is 25.9 Å². The van der Waals surface area contributed by atoms with E-state index in [9.17, 15) is 4.79 Å². The van der Waals surface area contributed by atoms with Crippen LogP contribution in [0.2, 0.25) is 0 Å². The highest BCUT2D eigenvalue weighted by atomic mass is 16.2. The molecular weight excluding hydrogens is 330 g/mol. The van der Waals surface area contributed by atoms with Gasteiger partial charge < -0.3 is 10.6 Å². The first-order chi connectivity index (χ1) is 12.8. The lowest BCUT2D eigenvalue weighted by atomic mass is 10.2. The molecule has 0 aliphatic rings. The van der Waals surface area contributed by atoms with Crippen molar-refractivity contribution in [2.45, 2.75) is 13.1 Å². The highest BCUT2D eigenvalue weighted by Gasteiger charge is 2.08. The molecule has 3 aromatic heterocycles. The minimum absolute atomic E-state index is 0.270. The number of aromatic nitrogens is 5. The Morgan fingerprint density at radius 3 is 2.65 bits per heavy atom. The molecule has 0 saturated carbocycles. The van der Waals surface area contributed by atoms with Crippen molar-refractivity contribution < 1.29 is 4.79 Å². The molecule has 8 heteroatoms. The van der Waals surface area contributed by atoms with Gasteiger partial charge in [-0.1, -0.05) is 24.3 Å². The number of nitrogens with one attached hydrogen (secondary N) is 2. The maximum absolute atomic E-state index is 12.1. The van der Waals surface area contributed by atoms with E-state index < -0.39 is 0 Å². The molecule has 0 saturated heterocycles. The Balaban J connectivity index is 1.38. The second kappa shape index (κ2) is 7.06. The van der Waals surface area contributed by atoms with E-state index in [1.54, 1.807) is 10.9 Å². The van der Waals surface area contributed by atoms with Gasteiger partial charge in [-0.2, -0.15) is 5.10 Å². The quantitative estimate of drug-likeness (QED) is 0.577. The second-order valence-electron chi connectivity index (χ2n) is 5.66. The molecule has 0 unspecified atom stereocenters. The van der Waals surface area contributed by atoms with Gasteiger partial charge in [0.2, 0.25) is 0 Å². The predicted octanol–water partition coefficient (Wildman–Crippen LogP) is 1.91. The fraction of sp³-hybridized carbons (Fsp3) is 0.111. The molecule has 0 radical (unpaired) electrons. The molecule has 3 heterocycles. The van der Waals surface area contributed by atoms with Crippen LogP contribution in [-0.4, -0.2) is 30.4 Å². The first kappa shape index (κ1) is 15.8. The summed E-state index contributed by atoms with van der Waals surface area (Å²) < 4.78 is 3.62. The van der Waals surface area contributed by atoms with Gasteiger partial charge in [0.15, 0.2) is 11.5 Å². The lowest BCUT2D eigenvalue weighted by Crippen LogP contribution is -2.35. The van der Waals surface area contributed by atoms with Gasteiger partial charge in [0.25, 0.3) is 0 Å². The Kier molecular flexibility index (Phi) is 4.29. The normalized spacial score (nSPS) is 10.8. The van der Waals surface area contributed by atoms with Gasteiger partial charge >= 0.3 is 6.03 Å². The molecule has 2 N–H and O–H groups in total. The van der Waals surface area contributed by atoms with Crippen molar-refractivity contribution in [2.75, 3.05) is 0 Å². The van der Waals surface area contributed by atoms with Crippen molar-refractivity contribution in [3.63, 3.8) is 0 Å². The number of fused-ring (bicyclic) bond motifs is 1. The maximum atomic E-state index is 12.1. The molecule has 26 heavy (non-hydrogen) atoms. The smallest absolute Gasteiger partial charge is 0.315 e. The monoisotopic (exact) mass is 347 g/mol. The Morgan fingerprint density at radius 2 is 1.77 bits per heavy atom. The van der Waals surface area contributed by atoms with Crippen LogP contribution in [0.3, 0.4) is 0 Å². The lowest BCUT2D eigenvalue weighted by Gasteiger charge is -2.11. The number of pyridine rings is 1. The van der Waals surface area contributed by atoms with Crippen LogP contribution in [0.15, 0.2) is 67.1 Å².